The highest BCUT2D eigenvalue weighted by atomic mass is 32.1. The van der Waals surface area contributed by atoms with Crippen molar-refractivity contribution in [2.24, 2.45) is 0 Å². The Labute approximate surface area is 137 Å². The molecule has 0 bridgehead atoms. The van der Waals surface area contributed by atoms with E-state index in [-0.39, 0.29) is 15.4 Å². The SMILES string of the molecule is CCc1cc2c(=O)n(NC(=O)c3ccc([N+](=O)[O-])s3)cnc2s1. The van der Waals surface area contributed by atoms with Crippen LogP contribution in [-0.2, 0) is 6.42 Å². The number of nitrogens with one attached hydrogen (secondary N) is 1. The molecule has 23 heavy (non-hydrogen) atoms. The van der Waals surface area contributed by atoms with Gasteiger partial charge in [0, 0.05) is 10.9 Å². The number of aromatic nitrogens is 2. The Morgan fingerprint density at radius 1 is 1.43 bits per heavy atom. The summed E-state index contributed by atoms with van der Waals surface area (Å²) >= 11 is 2.17. The van der Waals surface area contributed by atoms with Crippen molar-refractivity contribution < 1.29 is 9.72 Å². The molecule has 10 heteroatoms. The number of rotatable bonds is 4. The summed E-state index contributed by atoms with van der Waals surface area (Å²) in [5, 5.41) is 10.9. The van der Waals surface area contributed by atoms with Crippen LogP contribution in [0.3, 0.4) is 0 Å². The average Bonchev–Trinajstić information content (AvgIpc) is 3.16. The fourth-order valence-electron chi connectivity index (χ4n) is 1.94. The number of aryl methyl sites for hydroxylation is 1. The third kappa shape index (κ3) is 2.85. The predicted octanol–water partition coefficient (Wildman–Crippen LogP) is 2.37. The van der Waals surface area contributed by atoms with Gasteiger partial charge in [-0.1, -0.05) is 18.3 Å². The fraction of sp³-hybridized carbons (Fsp3) is 0.154. The van der Waals surface area contributed by atoms with E-state index in [9.17, 15) is 19.7 Å². The number of carbonyl (C=O) groups is 1. The second kappa shape index (κ2) is 5.89. The van der Waals surface area contributed by atoms with Crippen LogP contribution in [-0.4, -0.2) is 20.5 Å². The van der Waals surface area contributed by atoms with Crippen molar-refractivity contribution in [3.05, 3.63) is 54.7 Å². The second-order valence-electron chi connectivity index (χ2n) is 4.54. The largest absolute Gasteiger partial charge is 0.324 e. The second-order valence-corrected chi connectivity index (χ2v) is 6.72. The molecule has 0 saturated carbocycles. The zero-order valence-corrected chi connectivity index (χ0v) is 13.4. The molecule has 0 aliphatic rings. The van der Waals surface area contributed by atoms with Gasteiger partial charge in [-0.3, -0.25) is 25.1 Å². The highest BCUT2D eigenvalue weighted by Gasteiger charge is 2.16. The number of carbonyl (C=O) groups excluding carboxylic acids is 1. The van der Waals surface area contributed by atoms with Crippen LogP contribution in [0.1, 0.15) is 21.5 Å². The van der Waals surface area contributed by atoms with Crippen molar-refractivity contribution in [3.63, 3.8) is 0 Å². The molecule has 3 aromatic rings. The van der Waals surface area contributed by atoms with Gasteiger partial charge in [-0.2, -0.15) is 0 Å². The average molecular weight is 350 g/mol. The summed E-state index contributed by atoms with van der Waals surface area (Å²) in [5.41, 5.74) is 2.01. The normalized spacial score (nSPS) is 10.8. The number of fused-ring (bicyclic) bond motifs is 1. The minimum Gasteiger partial charge on any atom is -0.267 e. The van der Waals surface area contributed by atoms with E-state index < -0.39 is 10.8 Å². The highest BCUT2D eigenvalue weighted by molar-refractivity contribution is 7.18. The minimum atomic E-state index is -0.600. The summed E-state index contributed by atoms with van der Waals surface area (Å²) in [6.45, 7) is 1.98. The van der Waals surface area contributed by atoms with Gasteiger partial charge in [-0.25, -0.2) is 9.66 Å². The molecule has 0 spiro atoms. The molecule has 0 aliphatic carbocycles. The topological polar surface area (TPSA) is 107 Å². The Morgan fingerprint density at radius 3 is 2.87 bits per heavy atom. The molecule has 0 saturated heterocycles. The van der Waals surface area contributed by atoms with E-state index >= 15 is 0 Å². The van der Waals surface area contributed by atoms with Gasteiger partial charge < -0.3 is 0 Å². The van der Waals surface area contributed by atoms with E-state index in [4.69, 9.17) is 0 Å². The van der Waals surface area contributed by atoms with Crippen molar-refractivity contribution in [2.45, 2.75) is 13.3 Å². The molecule has 1 amide bonds. The number of nitrogens with zero attached hydrogens (tertiary/aromatic N) is 3. The summed E-state index contributed by atoms with van der Waals surface area (Å²) in [6, 6.07) is 4.35. The molecule has 0 unspecified atom stereocenters. The van der Waals surface area contributed by atoms with Gasteiger partial charge in [0.05, 0.1) is 10.3 Å². The first-order chi connectivity index (χ1) is 11.0. The first-order valence-corrected chi connectivity index (χ1v) is 8.18. The van der Waals surface area contributed by atoms with E-state index in [1.165, 1.54) is 29.8 Å². The molecule has 3 heterocycles. The van der Waals surface area contributed by atoms with E-state index in [1.54, 1.807) is 6.07 Å². The maximum atomic E-state index is 12.3. The Hall–Kier alpha value is -2.59. The van der Waals surface area contributed by atoms with Gasteiger partial charge >= 0.3 is 5.00 Å². The minimum absolute atomic E-state index is 0.138. The van der Waals surface area contributed by atoms with E-state index in [1.807, 2.05) is 6.92 Å². The molecular weight excluding hydrogens is 340 g/mol. The van der Waals surface area contributed by atoms with Crippen LogP contribution in [0.15, 0.2) is 29.3 Å². The van der Waals surface area contributed by atoms with Crippen LogP contribution in [0, 0.1) is 10.1 Å². The molecule has 0 aromatic carbocycles. The van der Waals surface area contributed by atoms with Gasteiger partial charge in [0.2, 0.25) is 0 Å². The Balaban J connectivity index is 1.91. The summed E-state index contributed by atoms with van der Waals surface area (Å²) in [5.74, 6) is -0.600. The summed E-state index contributed by atoms with van der Waals surface area (Å²) in [4.78, 5) is 40.5. The summed E-state index contributed by atoms with van der Waals surface area (Å²) in [6.07, 6.45) is 2.03. The number of hydrogen-bond acceptors (Lipinski definition) is 7. The Morgan fingerprint density at radius 2 is 2.22 bits per heavy atom. The Kier molecular flexibility index (Phi) is 3.92. The lowest BCUT2D eigenvalue weighted by Gasteiger charge is -2.05. The van der Waals surface area contributed by atoms with E-state index in [0.29, 0.717) is 10.2 Å². The third-order valence-electron chi connectivity index (χ3n) is 3.07. The predicted molar refractivity (Wildman–Crippen MR) is 87.9 cm³/mol. The third-order valence-corrected chi connectivity index (χ3v) is 5.29. The van der Waals surface area contributed by atoms with Crippen molar-refractivity contribution in [1.29, 1.82) is 0 Å². The Bertz CT molecular complexity index is 972. The van der Waals surface area contributed by atoms with Crippen molar-refractivity contribution in [2.75, 3.05) is 5.43 Å². The molecule has 8 nitrogen and oxygen atoms in total. The van der Waals surface area contributed by atoms with Crippen LogP contribution >= 0.6 is 22.7 Å². The number of nitro groups is 1. The molecule has 1 N–H and O–H groups in total. The van der Waals surface area contributed by atoms with Gasteiger partial charge in [0.1, 0.15) is 16.0 Å². The number of thiophene rings is 2. The molecule has 3 rings (SSSR count). The molecule has 0 fully saturated rings. The summed E-state index contributed by atoms with van der Waals surface area (Å²) in [7, 11) is 0. The molecule has 118 valence electrons. The van der Waals surface area contributed by atoms with Crippen molar-refractivity contribution in [1.82, 2.24) is 9.66 Å². The lowest BCUT2D eigenvalue weighted by atomic mass is 10.3. The maximum Gasteiger partial charge on any atom is 0.324 e. The van der Waals surface area contributed by atoms with Crippen molar-refractivity contribution >= 4 is 43.8 Å². The highest BCUT2D eigenvalue weighted by Crippen LogP contribution is 2.24. The quantitative estimate of drug-likeness (QED) is 0.574. The van der Waals surface area contributed by atoms with E-state index in [2.05, 4.69) is 10.4 Å². The number of amides is 1. The van der Waals surface area contributed by atoms with Crippen molar-refractivity contribution in [3.8, 4) is 0 Å². The standard InChI is InChI=1S/C13H10N4O4S2/c1-2-7-5-8-12(22-7)14-6-16(13(8)19)15-11(18)9-3-4-10(23-9)17(20)21/h3-6H,2H2,1H3,(H,15,18). The maximum absolute atomic E-state index is 12.3. The molecule has 0 radical (unpaired) electrons. The van der Waals surface area contributed by atoms with Crippen LogP contribution in [0.2, 0.25) is 0 Å². The molecule has 3 aromatic heterocycles. The van der Waals surface area contributed by atoms with Crippen LogP contribution < -0.4 is 11.0 Å². The fourth-order valence-corrected chi connectivity index (χ4v) is 3.57. The van der Waals surface area contributed by atoms with Gasteiger partial charge in [-0.05, 0) is 18.6 Å². The first kappa shape index (κ1) is 15.3. The number of hydrogen-bond donors (Lipinski definition) is 1. The van der Waals surface area contributed by atoms with Crippen LogP contribution in [0.4, 0.5) is 5.00 Å². The van der Waals surface area contributed by atoms with E-state index in [0.717, 1.165) is 27.3 Å². The molecule has 0 aliphatic heterocycles. The van der Waals surface area contributed by atoms with Gasteiger partial charge in [0.25, 0.3) is 11.5 Å². The zero-order chi connectivity index (χ0) is 16.6. The zero-order valence-electron chi connectivity index (χ0n) is 11.8. The molecule has 0 atom stereocenters. The van der Waals surface area contributed by atoms with Gasteiger partial charge in [-0.15, -0.1) is 11.3 Å². The smallest absolute Gasteiger partial charge is 0.267 e. The van der Waals surface area contributed by atoms with Crippen LogP contribution in [0.25, 0.3) is 10.2 Å². The first-order valence-electron chi connectivity index (χ1n) is 6.55. The lowest BCUT2D eigenvalue weighted by molar-refractivity contribution is -0.380. The van der Waals surface area contributed by atoms with Crippen LogP contribution in [0.5, 0.6) is 0 Å². The summed E-state index contributed by atoms with van der Waals surface area (Å²) < 4.78 is 0.988. The van der Waals surface area contributed by atoms with Gasteiger partial charge in [0.15, 0.2) is 0 Å². The monoisotopic (exact) mass is 350 g/mol. The molecular formula is C13H10N4O4S2. The lowest BCUT2D eigenvalue weighted by Crippen LogP contribution is -2.32.